The molecule has 1 atom stereocenters. The monoisotopic (exact) mass is 330 g/mol. The fourth-order valence-electron chi connectivity index (χ4n) is 3.19. The molecule has 1 unspecified atom stereocenters. The second-order valence-electron chi connectivity index (χ2n) is 6.47. The zero-order chi connectivity index (χ0) is 16.9. The largest absolute Gasteiger partial charge is 0.465 e. The molecular formula is C19H23FN2O2. The van der Waals surface area contributed by atoms with E-state index in [0.717, 1.165) is 44.0 Å². The number of halogens is 1. The highest BCUT2D eigenvalue weighted by Crippen LogP contribution is 2.19. The van der Waals surface area contributed by atoms with Crippen LogP contribution < -0.4 is 5.32 Å². The third-order valence-electron chi connectivity index (χ3n) is 4.44. The molecule has 1 aromatic carbocycles. The van der Waals surface area contributed by atoms with Gasteiger partial charge in [0.15, 0.2) is 0 Å². The minimum absolute atomic E-state index is 0.145. The van der Waals surface area contributed by atoms with Crippen molar-refractivity contribution in [3.63, 3.8) is 0 Å². The van der Waals surface area contributed by atoms with Gasteiger partial charge in [-0.05, 0) is 68.6 Å². The maximum absolute atomic E-state index is 12.9. The normalized spacial score (nSPS) is 18.5. The lowest BCUT2D eigenvalue weighted by Crippen LogP contribution is -2.40. The Morgan fingerprint density at radius 1 is 1.29 bits per heavy atom. The van der Waals surface area contributed by atoms with Crippen LogP contribution in [0, 0.1) is 18.7 Å². The van der Waals surface area contributed by atoms with Gasteiger partial charge in [-0.2, -0.15) is 0 Å². The van der Waals surface area contributed by atoms with Gasteiger partial charge < -0.3 is 9.73 Å². The van der Waals surface area contributed by atoms with E-state index in [1.54, 1.807) is 0 Å². The van der Waals surface area contributed by atoms with Crippen molar-refractivity contribution in [2.24, 2.45) is 5.92 Å². The van der Waals surface area contributed by atoms with E-state index in [1.807, 2.05) is 19.1 Å². The molecule has 1 aliphatic rings. The molecule has 0 spiro atoms. The third kappa shape index (κ3) is 4.45. The molecule has 4 nitrogen and oxygen atoms in total. The molecule has 1 aromatic heterocycles. The molecule has 0 saturated carbocycles. The summed E-state index contributed by atoms with van der Waals surface area (Å²) >= 11 is 0. The number of piperidine rings is 1. The van der Waals surface area contributed by atoms with E-state index in [1.165, 1.54) is 24.3 Å². The zero-order valence-corrected chi connectivity index (χ0v) is 13.9. The first-order valence-corrected chi connectivity index (χ1v) is 8.41. The van der Waals surface area contributed by atoms with Crippen LogP contribution in [0.25, 0.3) is 0 Å². The van der Waals surface area contributed by atoms with E-state index in [2.05, 4.69) is 10.2 Å². The lowest BCUT2D eigenvalue weighted by Gasteiger charge is -2.32. The van der Waals surface area contributed by atoms with Gasteiger partial charge in [0.05, 0.1) is 6.54 Å². The van der Waals surface area contributed by atoms with E-state index in [4.69, 9.17) is 4.42 Å². The summed E-state index contributed by atoms with van der Waals surface area (Å²) < 4.78 is 18.6. The predicted octanol–water partition coefficient (Wildman–Crippen LogP) is 3.37. The molecule has 0 bridgehead atoms. The number of nitrogens with one attached hydrogen (secondary N) is 1. The molecule has 1 aliphatic heterocycles. The number of carbonyl (C=O) groups excluding carboxylic acids is 1. The summed E-state index contributed by atoms with van der Waals surface area (Å²) in [6, 6.07) is 9.65. The number of furan rings is 1. The van der Waals surface area contributed by atoms with E-state index in [0.29, 0.717) is 18.0 Å². The molecule has 0 radical (unpaired) electrons. The molecule has 3 rings (SSSR count). The lowest BCUT2D eigenvalue weighted by atomic mass is 9.97. The Balaban J connectivity index is 1.48. The average Bonchev–Trinajstić information content (AvgIpc) is 2.98. The van der Waals surface area contributed by atoms with Gasteiger partial charge in [0.2, 0.25) is 0 Å². The lowest BCUT2D eigenvalue weighted by molar-refractivity contribution is 0.0928. The van der Waals surface area contributed by atoms with Crippen molar-refractivity contribution < 1.29 is 13.6 Å². The van der Waals surface area contributed by atoms with E-state index in [-0.39, 0.29) is 11.7 Å². The van der Waals surface area contributed by atoms with Gasteiger partial charge in [0.1, 0.15) is 17.3 Å². The van der Waals surface area contributed by atoms with Gasteiger partial charge in [-0.15, -0.1) is 0 Å². The van der Waals surface area contributed by atoms with Gasteiger partial charge in [0, 0.05) is 18.7 Å². The van der Waals surface area contributed by atoms with Crippen LogP contribution in [-0.4, -0.2) is 30.4 Å². The summed E-state index contributed by atoms with van der Waals surface area (Å²) in [7, 11) is 0. The average molecular weight is 330 g/mol. The maximum atomic E-state index is 12.9. The van der Waals surface area contributed by atoms with Crippen LogP contribution in [-0.2, 0) is 6.54 Å². The zero-order valence-electron chi connectivity index (χ0n) is 13.9. The highest BCUT2D eigenvalue weighted by Gasteiger charge is 2.21. The number of hydrogen-bond acceptors (Lipinski definition) is 3. The molecule has 128 valence electrons. The summed E-state index contributed by atoms with van der Waals surface area (Å²) in [6.07, 6.45) is 2.23. The Hall–Kier alpha value is -2.14. The summed E-state index contributed by atoms with van der Waals surface area (Å²) in [6.45, 7) is 5.42. The highest BCUT2D eigenvalue weighted by molar-refractivity contribution is 5.94. The minimum atomic E-state index is -0.331. The first-order chi connectivity index (χ1) is 11.6. The van der Waals surface area contributed by atoms with Crippen LogP contribution in [0.4, 0.5) is 4.39 Å². The number of rotatable bonds is 5. The van der Waals surface area contributed by atoms with Crippen molar-refractivity contribution in [3.05, 3.63) is 59.3 Å². The standard InChI is InChI=1S/C19H23FN2O2/c1-14-4-9-18(24-14)13-22-10-2-3-15(12-22)11-21-19(23)16-5-7-17(20)8-6-16/h4-9,15H,2-3,10-13H2,1H3,(H,21,23). The summed E-state index contributed by atoms with van der Waals surface area (Å²) in [5, 5.41) is 2.97. The molecular weight excluding hydrogens is 307 g/mol. The van der Waals surface area contributed by atoms with Gasteiger partial charge in [0.25, 0.3) is 5.91 Å². The molecule has 1 saturated heterocycles. The molecule has 2 heterocycles. The van der Waals surface area contributed by atoms with Crippen LogP contribution in [0.1, 0.15) is 34.7 Å². The van der Waals surface area contributed by atoms with Crippen molar-refractivity contribution in [1.29, 1.82) is 0 Å². The van der Waals surface area contributed by atoms with Gasteiger partial charge >= 0.3 is 0 Å². The smallest absolute Gasteiger partial charge is 0.251 e. The fourth-order valence-corrected chi connectivity index (χ4v) is 3.19. The van der Waals surface area contributed by atoms with Crippen LogP contribution in [0.5, 0.6) is 0 Å². The SMILES string of the molecule is Cc1ccc(CN2CCCC(CNC(=O)c3ccc(F)cc3)C2)o1. The number of amides is 1. The topological polar surface area (TPSA) is 45.5 Å². The van der Waals surface area contributed by atoms with Crippen molar-refractivity contribution in [2.75, 3.05) is 19.6 Å². The van der Waals surface area contributed by atoms with Crippen molar-refractivity contribution in [3.8, 4) is 0 Å². The molecule has 24 heavy (non-hydrogen) atoms. The molecule has 0 aliphatic carbocycles. The Bertz CT molecular complexity index is 681. The number of benzene rings is 1. The van der Waals surface area contributed by atoms with Crippen LogP contribution in [0.3, 0.4) is 0 Å². The van der Waals surface area contributed by atoms with E-state index >= 15 is 0 Å². The summed E-state index contributed by atoms with van der Waals surface area (Å²) in [4.78, 5) is 14.5. The van der Waals surface area contributed by atoms with Gasteiger partial charge in [-0.1, -0.05) is 0 Å². The number of nitrogens with zero attached hydrogens (tertiary/aromatic N) is 1. The van der Waals surface area contributed by atoms with Crippen molar-refractivity contribution >= 4 is 5.91 Å². The Kier molecular flexibility index (Phi) is 5.30. The molecule has 1 amide bonds. The number of carbonyl (C=O) groups is 1. The van der Waals surface area contributed by atoms with Crippen LogP contribution >= 0.6 is 0 Å². The van der Waals surface area contributed by atoms with Gasteiger partial charge in [-0.3, -0.25) is 9.69 Å². The Morgan fingerprint density at radius 3 is 2.79 bits per heavy atom. The Morgan fingerprint density at radius 2 is 2.08 bits per heavy atom. The summed E-state index contributed by atoms with van der Waals surface area (Å²) in [5.74, 6) is 1.88. The van der Waals surface area contributed by atoms with Crippen LogP contribution in [0.2, 0.25) is 0 Å². The fraction of sp³-hybridized carbons (Fsp3) is 0.421. The number of hydrogen-bond donors (Lipinski definition) is 1. The maximum Gasteiger partial charge on any atom is 0.251 e. The minimum Gasteiger partial charge on any atom is -0.465 e. The second kappa shape index (κ2) is 7.62. The first-order valence-electron chi connectivity index (χ1n) is 8.41. The number of likely N-dealkylation sites (tertiary alicyclic amines) is 1. The Labute approximate surface area is 141 Å². The third-order valence-corrected chi connectivity index (χ3v) is 4.44. The first kappa shape index (κ1) is 16.7. The molecule has 1 N–H and O–H groups in total. The quantitative estimate of drug-likeness (QED) is 0.914. The number of aryl methyl sites for hydroxylation is 1. The van der Waals surface area contributed by atoms with Gasteiger partial charge in [-0.25, -0.2) is 4.39 Å². The van der Waals surface area contributed by atoms with Crippen LogP contribution in [0.15, 0.2) is 40.8 Å². The predicted molar refractivity (Wildman–Crippen MR) is 90.2 cm³/mol. The molecule has 1 fully saturated rings. The second-order valence-corrected chi connectivity index (χ2v) is 6.47. The van der Waals surface area contributed by atoms with Crippen molar-refractivity contribution in [2.45, 2.75) is 26.3 Å². The molecule has 5 heteroatoms. The highest BCUT2D eigenvalue weighted by atomic mass is 19.1. The summed E-state index contributed by atoms with van der Waals surface area (Å²) in [5.41, 5.74) is 0.495. The van der Waals surface area contributed by atoms with E-state index < -0.39 is 0 Å². The van der Waals surface area contributed by atoms with E-state index in [9.17, 15) is 9.18 Å². The van der Waals surface area contributed by atoms with Crippen molar-refractivity contribution in [1.82, 2.24) is 10.2 Å². The molecule has 2 aromatic rings.